The summed E-state index contributed by atoms with van der Waals surface area (Å²) in [5.74, 6) is 4.56. The van der Waals surface area contributed by atoms with Crippen molar-refractivity contribution in [2.75, 3.05) is 32.7 Å². The van der Waals surface area contributed by atoms with Crippen molar-refractivity contribution >= 4 is 23.3 Å². The number of aromatic amines is 2. The Bertz CT molecular complexity index is 1690. The minimum atomic E-state index is -0.000392. The molecule has 8 rings (SSSR count). The largest absolute Gasteiger partial charge is 1.00 e. The van der Waals surface area contributed by atoms with Gasteiger partial charge >= 0.3 is 18.9 Å². The molecule has 51 heavy (non-hydrogen) atoms. The first kappa shape index (κ1) is 39.6. The predicted octanol–water partition coefficient (Wildman–Crippen LogP) is 4.41. The summed E-state index contributed by atoms with van der Waals surface area (Å²) in [6, 6.07) is 17.5. The van der Waals surface area contributed by atoms with E-state index >= 15 is 0 Å². The standard InChI is InChI=1S/C21H27N3O.C21H29N3.Al.Li.4H/c1-3-4-5-6-12-24-14-17-18(20(24)25)21(17,2)16-9-7-8-15(13-16)19-22-10-11-23-19;1-3-4-5-6-12-24-14-18-19(15-24)21(18,2)17-9-7-8-16(13-17)20-22-10-11-23-20;;;;;;/h7-11,13,17-18H,3-6,12,14H2,1-2H3,(H,22,23);7-11,13,18-19H,3-6,12,14-15H2,1-2H3,(H,22,23);;;;;;/q;;;+1;;;;-1. The monoisotopic (exact) mass is 698 g/mol. The molecular formula is C42H60AlLiN6O. The van der Waals surface area contributed by atoms with E-state index in [1.165, 1.54) is 81.3 Å². The summed E-state index contributed by atoms with van der Waals surface area (Å²) in [7, 11) is 0. The molecule has 2 N–H and O–H groups in total. The van der Waals surface area contributed by atoms with E-state index in [2.05, 4.69) is 106 Å². The number of rotatable bonds is 14. The summed E-state index contributed by atoms with van der Waals surface area (Å²) in [6.45, 7) is 15.0. The molecule has 4 aromatic rings. The van der Waals surface area contributed by atoms with Crippen LogP contribution < -0.4 is 18.9 Å². The smallest absolute Gasteiger partial charge is 1.00 e. The van der Waals surface area contributed by atoms with E-state index in [9.17, 15) is 4.79 Å². The van der Waals surface area contributed by atoms with Gasteiger partial charge in [0.15, 0.2) is 17.4 Å². The van der Waals surface area contributed by atoms with Crippen molar-refractivity contribution < 1.29 is 25.1 Å². The first-order chi connectivity index (χ1) is 23.9. The van der Waals surface area contributed by atoms with E-state index in [0.29, 0.717) is 17.2 Å². The number of imidazole rings is 2. The van der Waals surface area contributed by atoms with Crippen molar-refractivity contribution in [2.45, 2.75) is 89.9 Å². The molecule has 0 radical (unpaired) electrons. The average molecular weight is 699 g/mol. The molecule has 4 fully saturated rings. The van der Waals surface area contributed by atoms with Gasteiger partial charge in [0.25, 0.3) is 0 Å². The SMILES string of the molecule is CCCCCCN1CC2C(C1)C2(C)c1cccc(-c2ncc[nH]2)c1.CCCCCCN1CC2C(C1=O)C2(C)c1cccc(-c2ncc[nH]2)c1.[AlH3].[H-].[Li+]. The molecule has 0 spiro atoms. The number of nitrogens with one attached hydrogen (secondary N) is 2. The van der Waals surface area contributed by atoms with Gasteiger partial charge in [-0.25, -0.2) is 9.97 Å². The molecule has 2 aliphatic heterocycles. The van der Waals surface area contributed by atoms with Gasteiger partial charge in [-0.1, -0.05) is 103 Å². The number of likely N-dealkylation sites (tertiary alicyclic amines) is 2. The van der Waals surface area contributed by atoms with Crippen LogP contribution >= 0.6 is 0 Å². The summed E-state index contributed by atoms with van der Waals surface area (Å²) in [4.78, 5) is 32.8. The molecule has 7 nitrogen and oxygen atoms in total. The number of nitrogens with zero attached hydrogens (tertiary/aromatic N) is 4. The molecule has 2 saturated heterocycles. The Labute approximate surface area is 330 Å². The van der Waals surface area contributed by atoms with Gasteiger partial charge in [-0.3, -0.25) is 4.79 Å². The van der Waals surface area contributed by atoms with Gasteiger partial charge in [0.05, 0.1) is 5.92 Å². The topological polar surface area (TPSA) is 80.9 Å². The van der Waals surface area contributed by atoms with E-state index < -0.39 is 0 Å². The number of piperidine rings is 2. The van der Waals surface area contributed by atoms with Gasteiger partial charge in [-0.15, -0.1) is 0 Å². The van der Waals surface area contributed by atoms with Crippen LogP contribution in [-0.2, 0) is 15.6 Å². The molecule has 5 unspecified atom stereocenters. The van der Waals surface area contributed by atoms with Crippen LogP contribution in [0.5, 0.6) is 0 Å². The summed E-state index contributed by atoms with van der Waals surface area (Å²) in [5, 5.41) is 0. The van der Waals surface area contributed by atoms with Crippen molar-refractivity contribution in [3.63, 3.8) is 0 Å². The summed E-state index contributed by atoms with van der Waals surface area (Å²) < 4.78 is 0. The Balaban J connectivity index is 0.000000220. The Kier molecular flexibility index (Phi) is 13.2. The van der Waals surface area contributed by atoms with Crippen molar-refractivity contribution in [2.24, 2.45) is 23.7 Å². The zero-order valence-electron chi connectivity index (χ0n) is 32.1. The number of H-pyrrole nitrogens is 2. The third-order valence-electron chi connectivity index (χ3n) is 12.7. The second-order valence-corrected chi connectivity index (χ2v) is 15.6. The maximum Gasteiger partial charge on any atom is 1.00 e. The average Bonchev–Trinajstić information content (AvgIpc) is 3.67. The molecule has 2 aromatic heterocycles. The van der Waals surface area contributed by atoms with Crippen LogP contribution in [-0.4, -0.2) is 85.7 Å². The zero-order chi connectivity index (χ0) is 34.0. The number of fused-ring (bicyclic) bond motifs is 2. The molecular weight excluding hydrogens is 638 g/mol. The van der Waals surface area contributed by atoms with E-state index in [1.807, 2.05) is 18.6 Å². The normalized spacial score (nSPS) is 27.1. The summed E-state index contributed by atoms with van der Waals surface area (Å²) >= 11 is 0. The minimum absolute atomic E-state index is 0. The number of carbonyl (C=O) groups excluding carboxylic acids is 1. The number of hydrogen-bond acceptors (Lipinski definition) is 4. The van der Waals surface area contributed by atoms with Gasteiger partial charge < -0.3 is 21.2 Å². The molecule has 4 heterocycles. The predicted molar refractivity (Wildman–Crippen MR) is 209 cm³/mol. The van der Waals surface area contributed by atoms with Gasteiger partial charge in [-0.05, 0) is 60.4 Å². The Morgan fingerprint density at radius 3 is 1.73 bits per heavy atom. The molecule has 1 amide bonds. The Morgan fingerprint density at radius 1 is 0.725 bits per heavy atom. The second kappa shape index (κ2) is 17.0. The molecule has 0 bridgehead atoms. The van der Waals surface area contributed by atoms with Crippen LogP contribution in [0.1, 0.15) is 91.6 Å². The zero-order valence-corrected chi connectivity index (χ0v) is 31.1. The van der Waals surface area contributed by atoms with Crippen molar-refractivity contribution in [1.29, 1.82) is 0 Å². The van der Waals surface area contributed by atoms with Gasteiger partial charge in [0, 0.05) is 72.9 Å². The van der Waals surface area contributed by atoms with E-state index in [1.54, 1.807) is 6.20 Å². The number of aromatic nitrogens is 4. The second-order valence-electron chi connectivity index (χ2n) is 15.6. The maximum absolute atomic E-state index is 12.8. The van der Waals surface area contributed by atoms with E-state index in [0.717, 1.165) is 48.6 Å². The quantitative estimate of drug-likeness (QED) is 0.151. The Morgan fingerprint density at radius 2 is 1.25 bits per heavy atom. The minimum Gasteiger partial charge on any atom is -1.00 e. The van der Waals surface area contributed by atoms with Crippen LogP contribution in [0.3, 0.4) is 0 Å². The number of carbonyl (C=O) groups is 1. The third kappa shape index (κ3) is 7.88. The fourth-order valence-electron chi connectivity index (χ4n) is 9.36. The van der Waals surface area contributed by atoms with Crippen LogP contribution in [0.2, 0.25) is 0 Å². The molecule has 4 aliphatic rings. The van der Waals surface area contributed by atoms with Gasteiger partial charge in [0.2, 0.25) is 5.91 Å². The van der Waals surface area contributed by atoms with Crippen LogP contribution in [0.25, 0.3) is 22.8 Å². The van der Waals surface area contributed by atoms with E-state index in [-0.39, 0.29) is 49.0 Å². The summed E-state index contributed by atoms with van der Waals surface area (Å²) in [5.41, 5.74) is 5.45. The number of benzene rings is 2. The summed E-state index contributed by atoms with van der Waals surface area (Å²) in [6.07, 6.45) is 17.7. The Hall–Kier alpha value is -2.58. The fraction of sp³-hybridized carbons (Fsp3) is 0.548. The molecule has 2 saturated carbocycles. The first-order valence-corrected chi connectivity index (χ1v) is 19.1. The molecule has 2 aromatic carbocycles. The molecule has 5 atom stereocenters. The molecule has 9 heteroatoms. The van der Waals surface area contributed by atoms with Crippen LogP contribution in [0.4, 0.5) is 0 Å². The van der Waals surface area contributed by atoms with Crippen molar-refractivity contribution in [3.05, 3.63) is 84.4 Å². The van der Waals surface area contributed by atoms with Crippen molar-refractivity contribution in [3.8, 4) is 22.8 Å². The molecule has 268 valence electrons. The number of unbranched alkanes of at least 4 members (excludes halogenated alkanes) is 6. The third-order valence-corrected chi connectivity index (χ3v) is 12.7. The maximum atomic E-state index is 12.8. The van der Waals surface area contributed by atoms with Crippen molar-refractivity contribution in [1.82, 2.24) is 29.7 Å². The van der Waals surface area contributed by atoms with Gasteiger partial charge in [0.1, 0.15) is 11.6 Å². The first-order valence-electron chi connectivity index (χ1n) is 19.1. The fourth-order valence-corrected chi connectivity index (χ4v) is 9.36. The molecule has 2 aliphatic carbocycles. The van der Waals surface area contributed by atoms with Crippen LogP contribution in [0.15, 0.2) is 73.3 Å². The van der Waals surface area contributed by atoms with Gasteiger partial charge in [-0.2, -0.15) is 0 Å². The number of hydrogen-bond donors (Lipinski definition) is 2. The number of amides is 1. The van der Waals surface area contributed by atoms with E-state index in [4.69, 9.17) is 0 Å². The van der Waals surface area contributed by atoms with Crippen LogP contribution in [0, 0.1) is 23.7 Å².